The van der Waals surface area contributed by atoms with Gasteiger partial charge in [-0.05, 0) is 49.8 Å². The average Bonchev–Trinajstić information content (AvgIpc) is 2.28. The van der Waals surface area contributed by atoms with E-state index in [0.717, 1.165) is 25.6 Å². The number of nitrogens with zero attached hydrogens (tertiary/aromatic N) is 1. The second kappa shape index (κ2) is 6.35. The molecule has 0 unspecified atom stereocenters. The largest absolute Gasteiger partial charge is 0.396 e. The highest BCUT2D eigenvalue weighted by molar-refractivity contribution is 5.29. The number of aliphatic hydroxyl groups excluding tert-OH is 1. The van der Waals surface area contributed by atoms with Crippen molar-refractivity contribution in [2.45, 2.75) is 52.1 Å². The first kappa shape index (κ1) is 13.6. The Bertz CT molecular complexity index is 385. The summed E-state index contributed by atoms with van der Waals surface area (Å²) in [6, 6.07) is 7.51. The molecule has 0 saturated heterocycles. The van der Waals surface area contributed by atoms with Gasteiger partial charge in [0.1, 0.15) is 0 Å². The van der Waals surface area contributed by atoms with Crippen molar-refractivity contribution in [1.29, 1.82) is 0 Å². The first-order valence-corrected chi connectivity index (χ1v) is 7.11. The molecule has 18 heavy (non-hydrogen) atoms. The van der Waals surface area contributed by atoms with Gasteiger partial charge in [0.25, 0.3) is 0 Å². The van der Waals surface area contributed by atoms with E-state index >= 15 is 0 Å². The minimum atomic E-state index is 0.302. The zero-order chi connectivity index (χ0) is 13.0. The molecule has 1 aliphatic carbocycles. The lowest BCUT2D eigenvalue weighted by Crippen LogP contribution is -2.40. The maximum Gasteiger partial charge on any atom is 0.0443 e. The van der Waals surface area contributed by atoms with Crippen LogP contribution in [0.1, 0.15) is 42.4 Å². The Balaban J connectivity index is 1.99. The molecule has 1 fully saturated rings. The summed E-state index contributed by atoms with van der Waals surface area (Å²) in [5.74, 6) is 0. The molecule has 1 N–H and O–H groups in total. The van der Waals surface area contributed by atoms with Gasteiger partial charge in [0.2, 0.25) is 0 Å². The predicted octanol–water partition coefficient (Wildman–Crippen LogP) is 3.04. The van der Waals surface area contributed by atoms with Gasteiger partial charge in [-0.1, -0.05) is 24.6 Å². The third-order valence-electron chi connectivity index (χ3n) is 4.15. The van der Waals surface area contributed by atoms with E-state index in [2.05, 4.69) is 36.9 Å². The Hall–Kier alpha value is -0.860. The van der Waals surface area contributed by atoms with E-state index in [4.69, 9.17) is 5.11 Å². The number of aryl methyl sites for hydroxylation is 2. The third kappa shape index (κ3) is 3.33. The second-order valence-corrected chi connectivity index (χ2v) is 5.55. The minimum Gasteiger partial charge on any atom is -0.396 e. The molecule has 2 rings (SSSR count). The van der Waals surface area contributed by atoms with E-state index in [1.807, 2.05) is 0 Å². The van der Waals surface area contributed by atoms with Gasteiger partial charge >= 0.3 is 0 Å². The molecule has 1 aromatic carbocycles. The van der Waals surface area contributed by atoms with E-state index in [9.17, 15) is 0 Å². The summed E-state index contributed by atoms with van der Waals surface area (Å²) < 4.78 is 0. The van der Waals surface area contributed by atoms with Crippen LogP contribution in [-0.2, 0) is 6.54 Å². The van der Waals surface area contributed by atoms with Crippen LogP contribution in [0, 0.1) is 13.8 Å². The quantitative estimate of drug-likeness (QED) is 0.835. The molecule has 2 nitrogen and oxygen atoms in total. The molecule has 1 saturated carbocycles. The van der Waals surface area contributed by atoms with Crippen LogP contribution in [0.15, 0.2) is 18.2 Å². The van der Waals surface area contributed by atoms with Crippen molar-refractivity contribution in [3.63, 3.8) is 0 Å². The van der Waals surface area contributed by atoms with E-state index in [1.165, 1.54) is 36.0 Å². The molecule has 0 aromatic heterocycles. The number of hydrogen-bond acceptors (Lipinski definition) is 2. The summed E-state index contributed by atoms with van der Waals surface area (Å²) in [4.78, 5) is 2.55. The van der Waals surface area contributed by atoms with Crippen LogP contribution in [-0.4, -0.2) is 29.2 Å². The summed E-state index contributed by atoms with van der Waals surface area (Å²) >= 11 is 0. The van der Waals surface area contributed by atoms with Gasteiger partial charge < -0.3 is 5.11 Å². The van der Waals surface area contributed by atoms with Crippen molar-refractivity contribution in [2.75, 3.05) is 13.2 Å². The average molecular weight is 247 g/mol. The second-order valence-electron chi connectivity index (χ2n) is 5.55. The number of rotatable bonds is 6. The van der Waals surface area contributed by atoms with Crippen LogP contribution in [0.3, 0.4) is 0 Å². The highest BCUT2D eigenvalue weighted by Crippen LogP contribution is 2.26. The van der Waals surface area contributed by atoms with Gasteiger partial charge in [0.05, 0.1) is 0 Å². The molecular weight excluding hydrogens is 222 g/mol. The Kier molecular flexibility index (Phi) is 4.79. The van der Waals surface area contributed by atoms with Gasteiger partial charge in [0, 0.05) is 25.7 Å². The summed E-state index contributed by atoms with van der Waals surface area (Å²) in [6.07, 6.45) is 4.92. The fraction of sp³-hybridized carbons (Fsp3) is 0.625. The fourth-order valence-electron chi connectivity index (χ4n) is 2.55. The van der Waals surface area contributed by atoms with Crippen molar-refractivity contribution < 1.29 is 5.11 Å². The van der Waals surface area contributed by atoms with Crippen molar-refractivity contribution in [3.05, 3.63) is 34.9 Å². The minimum absolute atomic E-state index is 0.302. The Morgan fingerprint density at radius 2 is 2.00 bits per heavy atom. The topological polar surface area (TPSA) is 23.5 Å². The van der Waals surface area contributed by atoms with Gasteiger partial charge in [0.15, 0.2) is 0 Å². The molecule has 0 bridgehead atoms. The van der Waals surface area contributed by atoms with Crippen LogP contribution in [0.2, 0.25) is 0 Å². The molecule has 1 aromatic rings. The van der Waals surface area contributed by atoms with Crippen LogP contribution in [0.25, 0.3) is 0 Å². The smallest absolute Gasteiger partial charge is 0.0443 e. The standard InChI is InChI=1S/C16H25NO/c1-13-7-8-15(11-14(13)2)12-17(9-4-10-18)16-5-3-6-16/h7-8,11,16,18H,3-6,9-10,12H2,1-2H3. The summed E-state index contributed by atoms with van der Waals surface area (Å²) in [5.41, 5.74) is 4.15. The maximum absolute atomic E-state index is 9.01. The van der Waals surface area contributed by atoms with Crippen molar-refractivity contribution in [1.82, 2.24) is 4.90 Å². The summed E-state index contributed by atoms with van der Waals surface area (Å²) in [5, 5.41) is 9.01. The molecule has 0 radical (unpaired) electrons. The number of aliphatic hydroxyl groups is 1. The lowest BCUT2D eigenvalue weighted by molar-refractivity contribution is 0.109. The van der Waals surface area contributed by atoms with E-state index in [0.29, 0.717) is 6.61 Å². The predicted molar refractivity (Wildman–Crippen MR) is 75.7 cm³/mol. The van der Waals surface area contributed by atoms with Gasteiger partial charge in [-0.15, -0.1) is 0 Å². The first-order valence-electron chi connectivity index (χ1n) is 7.11. The molecule has 0 spiro atoms. The molecular formula is C16H25NO. The number of benzene rings is 1. The van der Waals surface area contributed by atoms with E-state index < -0.39 is 0 Å². The fourth-order valence-corrected chi connectivity index (χ4v) is 2.55. The maximum atomic E-state index is 9.01. The van der Waals surface area contributed by atoms with Gasteiger partial charge in [-0.2, -0.15) is 0 Å². The highest BCUT2D eigenvalue weighted by Gasteiger charge is 2.24. The monoisotopic (exact) mass is 247 g/mol. The van der Waals surface area contributed by atoms with Crippen LogP contribution < -0.4 is 0 Å². The molecule has 100 valence electrons. The van der Waals surface area contributed by atoms with Crippen molar-refractivity contribution in [2.24, 2.45) is 0 Å². The third-order valence-corrected chi connectivity index (χ3v) is 4.15. The van der Waals surface area contributed by atoms with Crippen LogP contribution >= 0.6 is 0 Å². The van der Waals surface area contributed by atoms with E-state index in [1.54, 1.807) is 0 Å². The molecule has 0 aliphatic heterocycles. The molecule has 1 aliphatic rings. The summed E-state index contributed by atoms with van der Waals surface area (Å²) in [7, 11) is 0. The van der Waals surface area contributed by atoms with Gasteiger partial charge in [-0.25, -0.2) is 0 Å². The lowest BCUT2D eigenvalue weighted by atomic mass is 9.91. The summed E-state index contributed by atoms with van der Waals surface area (Å²) in [6.45, 7) is 6.70. The zero-order valence-electron chi connectivity index (χ0n) is 11.7. The normalized spacial score (nSPS) is 16.0. The Morgan fingerprint density at radius 3 is 2.56 bits per heavy atom. The Labute approximate surface area is 111 Å². The van der Waals surface area contributed by atoms with Crippen LogP contribution in [0.5, 0.6) is 0 Å². The molecule has 0 heterocycles. The van der Waals surface area contributed by atoms with Crippen molar-refractivity contribution >= 4 is 0 Å². The molecule has 0 amide bonds. The first-order chi connectivity index (χ1) is 8.70. The highest BCUT2D eigenvalue weighted by atomic mass is 16.3. The SMILES string of the molecule is Cc1ccc(CN(CCCO)C2CCC2)cc1C. The van der Waals surface area contributed by atoms with Crippen molar-refractivity contribution in [3.8, 4) is 0 Å². The zero-order valence-corrected chi connectivity index (χ0v) is 11.7. The van der Waals surface area contributed by atoms with E-state index in [-0.39, 0.29) is 0 Å². The lowest BCUT2D eigenvalue weighted by Gasteiger charge is -2.37. The molecule has 2 heteroatoms. The molecule has 0 atom stereocenters. The van der Waals surface area contributed by atoms with Crippen LogP contribution in [0.4, 0.5) is 0 Å². The number of hydrogen-bond donors (Lipinski definition) is 1. The Morgan fingerprint density at radius 1 is 1.22 bits per heavy atom. The van der Waals surface area contributed by atoms with Gasteiger partial charge in [-0.3, -0.25) is 4.90 Å².